The van der Waals surface area contributed by atoms with Gasteiger partial charge in [0.1, 0.15) is 6.10 Å². The number of carbonyl (C=O) groups excluding carboxylic acids is 2. The van der Waals surface area contributed by atoms with Crippen LogP contribution < -0.4 is 0 Å². The normalized spacial score (nSPS) is 36.4. The van der Waals surface area contributed by atoms with Gasteiger partial charge < -0.3 is 19.1 Å². The third kappa shape index (κ3) is 3.37. The van der Waals surface area contributed by atoms with Crippen molar-refractivity contribution >= 4 is 11.9 Å². The smallest absolute Gasteiger partial charge is 0.302 e. The van der Waals surface area contributed by atoms with E-state index in [4.69, 9.17) is 14.2 Å². The molecule has 0 aromatic rings. The Morgan fingerprint density at radius 1 is 1.29 bits per heavy atom. The van der Waals surface area contributed by atoms with Gasteiger partial charge in [0.05, 0.1) is 18.6 Å². The molecular weight excluding hydrogens is 274 g/mol. The maximum absolute atomic E-state index is 12.1. The lowest BCUT2D eigenvalue weighted by molar-refractivity contribution is -0.200. The van der Waals surface area contributed by atoms with Crippen LogP contribution in [-0.2, 0) is 23.8 Å². The Balaban J connectivity index is 1.55. The minimum atomic E-state index is -0.316. The highest BCUT2D eigenvalue weighted by Crippen LogP contribution is 2.32. The second-order valence-electron chi connectivity index (χ2n) is 6.10. The highest BCUT2D eigenvalue weighted by Gasteiger charge is 2.45. The van der Waals surface area contributed by atoms with Gasteiger partial charge in [-0.3, -0.25) is 9.59 Å². The maximum Gasteiger partial charge on any atom is 0.302 e. The van der Waals surface area contributed by atoms with Gasteiger partial charge in [-0.25, -0.2) is 0 Å². The standard InChI is InChI=1S/C15H23NO5/c1-10(17)20-13-8-14(18)16-9-11(5-6-12(13)16)21-15-4-2-3-7-19-15/h11-13,15H,2-9H2,1H3/t11-,12+,13+,15?/m1/s1. The first-order chi connectivity index (χ1) is 10.1. The third-order valence-corrected chi connectivity index (χ3v) is 4.51. The van der Waals surface area contributed by atoms with Crippen molar-refractivity contribution in [2.45, 2.75) is 70.0 Å². The van der Waals surface area contributed by atoms with Crippen LogP contribution in [0.3, 0.4) is 0 Å². The molecule has 0 aromatic carbocycles. The molecule has 0 bridgehead atoms. The van der Waals surface area contributed by atoms with Crippen molar-refractivity contribution in [2.24, 2.45) is 0 Å². The minimum Gasteiger partial charge on any atom is -0.460 e. The van der Waals surface area contributed by atoms with Gasteiger partial charge in [-0.05, 0) is 32.1 Å². The zero-order valence-electron chi connectivity index (χ0n) is 12.5. The zero-order chi connectivity index (χ0) is 14.8. The second kappa shape index (κ2) is 6.32. The molecule has 3 rings (SSSR count). The molecule has 3 aliphatic heterocycles. The highest BCUT2D eigenvalue weighted by molar-refractivity contribution is 5.80. The fraction of sp³-hybridized carbons (Fsp3) is 0.867. The average Bonchev–Trinajstić information content (AvgIpc) is 2.75. The maximum atomic E-state index is 12.1. The molecule has 0 radical (unpaired) electrons. The lowest BCUT2D eigenvalue weighted by Crippen LogP contribution is -2.49. The number of fused-ring (bicyclic) bond motifs is 1. The lowest BCUT2D eigenvalue weighted by atomic mass is 9.99. The number of amides is 1. The summed E-state index contributed by atoms with van der Waals surface area (Å²) < 4.78 is 16.8. The molecule has 4 atom stereocenters. The Hall–Kier alpha value is -1.14. The summed E-state index contributed by atoms with van der Waals surface area (Å²) in [7, 11) is 0. The summed E-state index contributed by atoms with van der Waals surface area (Å²) in [6.45, 7) is 2.74. The van der Waals surface area contributed by atoms with Crippen LogP contribution in [0.15, 0.2) is 0 Å². The fourth-order valence-electron chi connectivity index (χ4n) is 3.53. The molecule has 3 saturated heterocycles. The van der Waals surface area contributed by atoms with Crippen LogP contribution in [0.2, 0.25) is 0 Å². The Bertz CT molecular complexity index is 407. The second-order valence-corrected chi connectivity index (χ2v) is 6.10. The van der Waals surface area contributed by atoms with E-state index in [9.17, 15) is 9.59 Å². The van der Waals surface area contributed by atoms with Crippen molar-refractivity contribution in [1.29, 1.82) is 0 Å². The summed E-state index contributed by atoms with van der Waals surface area (Å²) in [5.74, 6) is -0.257. The lowest BCUT2D eigenvalue weighted by Gasteiger charge is -2.38. The van der Waals surface area contributed by atoms with E-state index in [2.05, 4.69) is 0 Å². The first-order valence-corrected chi connectivity index (χ1v) is 7.87. The summed E-state index contributed by atoms with van der Waals surface area (Å²) in [5.41, 5.74) is 0. The summed E-state index contributed by atoms with van der Waals surface area (Å²) >= 11 is 0. The quantitative estimate of drug-likeness (QED) is 0.733. The highest BCUT2D eigenvalue weighted by atomic mass is 16.7. The van der Waals surface area contributed by atoms with Gasteiger partial charge in [-0.2, -0.15) is 0 Å². The number of ether oxygens (including phenoxy) is 3. The number of esters is 1. The van der Waals surface area contributed by atoms with Crippen molar-refractivity contribution in [3.8, 4) is 0 Å². The van der Waals surface area contributed by atoms with Crippen LogP contribution in [-0.4, -0.2) is 54.5 Å². The first kappa shape index (κ1) is 14.8. The van der Waals surface area contributed by atoms with E-state index in [1.54, 1.807) is 0 Å². The molecule has 0 N–H and O–H groups in total. The molecule has 1 unspecified atom stereocenters. The van der Waals surface area contributed by atoms with E-state index in [-0.39, 0.29) is 36.4 Å². The van der Waals surface area contributed by atoms with Crippen molar-refractivity contribution in [3.05, 3.63) is 0 Å². The van der Waals surface area contributed by atoms with Gasteiger partial charge in [0.2, 0.25) is 5.91 Å². The number of piperidine rings is 1. The molecule has 3 fully saturated rings. The van der Waals surface area contributed by atoms with Gasteiger partial charge in [0.25, 0.3) is 0 Å². The Morgan fingerprint density at radius 3 is 2.86 bits per heavy atom. The molecule has 6 heteroatoms. The largest absolute Gasteiger partial charge is 0.460 e. The van der Waals surface area contributed by atoms with Crippen molar-refractivity contribution < 1.29 is 23.8 Å². The third-order valence-electron chi connectivity index (χ3n) is 4.51. The van der Waals surface area contributed by atoms with Crippen molar-refractivity contribution in [3.63, 3.8) is 0 Å². The SMILES string of the molecule is CC(=O)O[C@H]1CC(=O)N2C[C@H](OC3CCCCO3)CC[C@@H]12. The van der Waals surface area contributed by atoms with Crippen LogP contribution >= 0.6 is 0 Å². The summed E-state index contributed by atoms with van der Waals surface area (Å²) in [6.07, 6.45) is 4.79. The summed E-state index contributed by atoms with van der Waals surface area (Å²) in [6, 6.07) is 0.0218. The molecule has 6 nitrogen and oxygen atoms in total. The molecule has 3 heterocycles. The summed E-state index contributed by atoms with van der Waals surface area (Å²) in [5, 5.41) is 0. The van der Waals surface area contributed by atoms with E-state index in [0.29, 0.717) is 13.0 Å². The molecule has 118 valence electrons. The topological polar surface area (TPSA) is 65.1 Å². The van der Waals surface area contributed by atoms with Crippen LogP contribution in [0.4, 0.5) is 0 Å². The van der Waals surface area contributed by atoms with Gasteiger partial charge in [0, 0.05) is 20.1 Å². The van der Waals surface area contributed by atoms with Gasteiger partial charge in [-0.1, -0.05) is 0 Å². The van der Waals surface area contributed by atoms with Gasteiger partial charge in [0.15, 0.2) is 6.29 Å². The Morgan fingerprint density at radius 2 is 2.14 bits per heavy atom. The predicted octanol–water partition coefficient (Wildman–Crippen LogP) is 1.22. The molecule has 3 aliphatic rings. The molecule has 0 aromatic heterocycles. The van der Waals surface area contributed by atoms with E-state index in [0.717, 1.165) is 38.7 Å². The van der Waals surface area contributed by atoms with E-state index < -0.39 is 0 Å². The fourth-order valence-corrected chi connectivity index (χ4v) is 3.53. The number of rotatable bonds is 3. The number of nitrogens with zero attached hydrogens (tertiary/aromatic N) is 1. The number of carbonyl (C=O) groups is 2. The molecule has 0 aliphatic carbocycles. The van der Waals surface area contributed by atoms with Crippen LogP contribution in [0.1, 0.15) is 45.4 Å². The van der Waals surface area contributed by atoms with Gasteiger partial charge in [-0.15, -0.1) is 0 Å². The van der Waals surface area contributed by atoms with E-state index in [1.165, 1.54) is 6.92 Å². The van der Waals surface area contributed by atoms with Crippen molar-refractivity contribution in [1.82, 2.24) is 4.90 Å². The molecule has 0 spiro atoms. The van der Waals surface area contributed by atoms with Crippen LogP contribution in [0.5, 0.6) is 0 Å². The monoisotopic (exact) mass is 297 g/mol. The van der Waals surface area contributed by atoms with Gasteiger partial charge >= 0.3 is 5.97 Å². The number of hydrogen-bond donors (Lipinski definition) is 0. The van der Waals surface area contributed by atoms with E-state index in [1.807, 2.05) is 4.90 Å². The first-order valence-electron chi connectivity index (χ1n) is 7.87. The molecular formula is C15H23NO5. The molecule has 21 heavy (non-hydrogen) atoms. The average molecular weight is 297 g/mol. The predicted molar refractivity (Wildman–Crippen MR) is 73.4 cm³/mol. The van der Waals surface area contributed by atoms with Crippen molar-refractivity contribution in [2.75, 3.05) is 13.2 Å². The number of hydrogen-bond acceptors (Lipinski definition) is 5. The zero-order valence-corrected chi connectivity index (χ0v) is 12.5. The molecule has 0 saturated carbocycles. The molecule has 1 amide bonds. The summed E-state index contributed by atoms with van der Waals surface area (Å²) in [4.78, 5) is 25.0. The Kier molecular flexibility index (Phi) is 4.45. The van der Waals surface area contributed by atoms with Crippen LogP contribution in [0, 0.1) is 0 Å². The Labute approximate surface area is 124 Å². The van der Waals surface area contributed by atoms with Crippen LogP contribution in [0.25, 0.3) is 0 Å². The minimum absolute atomic E-state index is 0.0218. The van der Waals surface area contributed by atoms with E-state index >= 15 is 0 Å².